The predicted molar refractivity (Wildman–Crippen MR) is 143 cm³/mol. The molecule has 11 heteroatoms. The Kier molecular flexibility index (Phi) is 9.28. The Bertz CT molecular complexity index is 1350. The molecule has 0 saturated heterocycles. The third-order valence-electron chi connectivity index (χ3n) is 5.68. The molecule has 0 aliphatic carbocycles. The Hall–Kier alpha value is -3.44. The van der Waals surface area contributed by atoms with Crippen molar-refractivity contribution >= 4 is 33.2 Å². The molecule has 0 aliphatic heterocycles. The zero-order valence-electron chi connectivity index (χ0n) is 21.5. The van der Waals surface area contributed by atoms with Gasteiger partial charge in [0.1, 0.15) is 22.2 Å². The number of methoxy groups -OCH3 is 2. The molecule has 2 aromatic carbocycles. The Morgan fingerprint density at radius 3 is 2.24 bits per heavy atom. The fourth-order valence-corrected chi connectivity index (χ4v) is 5.25. The first-order chi connectivity index (χ1) is 17.5. The lowest BCUT2D eigenvalue weighted by molar-refractivity contribution is 0.0740. The van der Waals surface area contributed by atoms with Crippen LogP contribution in [0.1, 0.15) is 48.3 Å². The number of sulfonamides is 1. The maximum Gasteiger partial charge on any atom is 0.284 e. The van der Waals surface area contributed by atoms with Crippen LogP contribution in [-0.4, -0.2) is 57.1 Å². The fraction of sp³-hybridized carbons (Fsp3) is 0.346. The second-order valence-electron chi connectivity index (χ2n) is 8.54. The molecule has 1 N–H and O–H groups in total. The molecule has 0 bridgehead atoms. The van der Waals surface area contributed by atoms with Gasteiger partial charge in [0.2, 0.25) is 10.0 Å². The summed E-state index contributed by atoms with van der Waals surface area (Å²) in [6, 6.07) is 13.4. The molecule has 0 fully saturated rings. The summed E-state index contributed by atoms with van der Waals surface area (Å²) < 4.78 is 35.8. The van der Waals surface area contributed by atoms with E-state index >= 15 is 0 Å². The highest BCUT2D eigenvalue weighted by molar-refractivity contribution is 7.89. The van der Waals surface area contributed by atoms with E-state index in [0.717, 1.165) is 18.2 Å². The number of thiazole rings is 1. The minimum atomic E-state index is -3.73. The lowest BCUT2D eigenvalue weighted by atomic mass is 10.1. The van der Waals surface area contributed by atoms with Gasteiger partial charge in [0, 0.05) is 22.5 Å². The number of aryl methyl sites for hydroxylation is 2. The fourth-order valence-electron chi connectivity index (χ4n) is 3.87. The Morgan fingerprint density at radius 2 is 1.68 bits per heavy atom. The second-order valence-corrected chi connectivity index (χ2v) is 11.6. The Morgan fingerprint density at radius 1 is 1.05 bits per heavy atom. The monoisotopic (exact) mass is 545 g/mol. The smallest absolute Gasteiger partial charge is 0.284 e. The number of carbonyl (C=O) groups excluding carboxylic acids is 2. The van der Waals surface area contributed by atoms with Crippen molar-refractivity contribution in [1.29, 1.82) is 0 Å². The summed E-state index contributed by atoms with van der Waals surface area (Å²) in [6.45, 7) is 4.14. The van der Waals surface area contributed by atoms with Crippen molar-refractivity contribution < 1.29 is 27.5 Å². The van der Waals surface area contributed by atoms with Crippen LogP contribution in [0.2, 0.25) is 0 Å². The highest BCUT2D eigenvalue weighted by Gasteiger charge is 2.23. The van der Waals surface area contributed by atoms with Crippen molar-refractivity contribution in [3.63, 3.8) is 0 Å². The summed E-state index contributed by atoms with van der Waals surface area (Å²) in [5.41, 5.74) is 2.38. The molecule has 3 aromatic rings. The van der Waals surface area contributed by atoms with Gasteiger partial charge in [-0.15, -0.1) is 11.3 Å². The summed E-state index contributed by atoms with van der Waals surface area (Å²) in [5.74, 6) is 0.0469. The van der Waals surface area contributed by atoms with E-state index in [1.54, 1.807) is 24.0 Å². The van der Waals surface area contributed by atoms with E-state index in [1.807, 2.05) is 42.0 Å². The lowest BCUT2D eigenvalue weighted by Crippen LogP contribution is -2.32. The topological polar surface area (TPSA) is 115 Å². The quantitative estimate of drug-likeness (QED) is 0.390. The van der Waals surface area contributed by atoms with Crippen LogP contribution in [0.5, 0.6) is 11.5 Å². The molecule has 3 rings (SSSR count). The van der Waals surface area contributed by atoms with Gasteiger partial charge < -0.3 is 14.4 Å². The molecule has 1 aromatic heterocycles. The van der Waals surface area contributed by atoms with Gasteiger partial charge in [0.25, 0.3) is 11.8 Å². The predicted octanol–water partition coefficient (Wildman–Crippen LogP) is 3.74. The number of hydrogen-bond acceptors (Lipinski definition) is 8. The van der Waals surface area contributed by atoms with Crippen molar-refractivity contribution in [2.45, 2.75) is 33.2 Å². The molecular weight excluding hydrogens is 514 g/mol. The number of carbonyl (C=O) groups is 2. The minimum Gasteiger partial charge on any atom is -0.496 e. The summed E-state index contributed by atoms with van der Waals surface area (Å²) in [6.07, 6.45) is 2.40. The second kappa shape index (κ2) is 12.2. The van der Waals surface area contributed by atoms with Crippen LogP contribution in [-0.2, 0) is 23.0 Å². The molecule has 0 aliphatic rings. The maximum atomic E-state index is 13.7. The average molecular weight is 546 g/mol. The molecule has 0 radical (unpaired) electrons. The van der Waals surface area contributed by atoms with Crippen LogP contribution in [0, 0.1) is 13.8 Å². The lowest BCUT2D eigenvalue weighted by Gasteiger charge is -2.23. The number of aromatic nitrogens is 1. The van der Waals surface area contributed by atoms with Gasteiger partial charge in [0.15, 0.2) is 0 Å². The highest BCUT2D eigenvalue weighted by Crippen LogP contribution is 2.30. The Labute approximate surface area is 221 Å². The molecule has 0 spiro atoms. The molecule has 37 heavy (non-hydrogen) atoms. The maximum absolute atomic E-state index is 13.7. The normalized spacial score (nSPS) is 11.2. The Balaban J connectivity index is 1.89. The van der Waals surface area contributed by atoms with E-state index in [0.29, 0.717) is 39.9 Å². The van der Waals surface area contributed by atoms with Crippen LogP contribution in [0.25, 0.3) is 0 Å². The standard InChI is InChI=1S/C26H31N3O6S2/c1-17-21(34-3)14-20(15-22(17)35-4)26(31)29(13-9-12-19-10-7-6-8-11-19)16-23-27-24(18(2)36-23)25(30)28-37(5,32)33/h6-8,10-11,14-15H,9,12-13,16H2,1-5H3,(H,28,30). The van der Waals surface area contributed by atoms with Crippen molar-refractivity contribution in [3.8, 4) is 11.5 Å². The molecule has 1 heterocycles. The van der Waals surface area contributed by atoms with E-state index in [4.69, 9.17) is 9.47 Å². The molecule has 9 nitrogen and oxygen atoms in total. The number of nitrogens with one attached hydrogen (secondary N) is 1. The van der Waals surface area contributed by atoms with Gasteiger partial charge in [-0.25, -0.2) is 18.1 Å². The molecule has 2 amide bonds. The number of benzene rings is 2. The molecule has 0 atom stereocenters. The first-order valence-corrected chi connectivity index (χ1v) is 14.3. The van der Waals surface area contributed by atoms with Crippen LogP contribution in [0.4, 0.5) is 0 Å². The van der Waals surface area contributed by atoms with Gasteiger partial charge in [-0.1, -0.05) is 30.3 Å². The SMILES string of the molecule is COc1cc(C(=O)N(CCCc2ccccc2)Cc2nc(C(=O)NS(C)(=O)=O)c(C)s2)cc(OC)c1C. The zero-order valence-corrected chi connectivity index (χ0v) is 23.2. The van der Waals surface area contributed by atoms with E-state index < -0.39 is 15.9 Å². The molecule has 0 unspecified atom stereocenters. The van der Waals surface area contributed by atoms with Crippen LogP contribution >= 0.6 is 11.3 Å². The van der Waals surface area contributed by atoms with E-state index in [9.17, 15) is 18.0 Å². The van der Waals surface area contributed by atoms with Gasteiger partial charge in [-0.3, -0.25) is 9.59 Å². The number of nitrogens with zero attached hydrogens (tertiary/aromatic N) is 2. The largest absolute Gasteiger partial charge is 0.496 e. The van der Waals surface area contributed by atoms with Gasteiger partial charge in [-0.2, -0.15) is 0 Å². The van der Waals surface area contributed by atoms with E-state index in [1.165, 1.54) is 31.1 Å². The summed E-state index contributed by atoms with van der Waals surface area (Å²) in [4.78, 5) is 32.7. The minimum absolute atomic E-state index is 0.0285. The van der Waals surface area contributed by atoms with Gasteiger partial charge in [0.05, 0.1) is 27.0 Å². The van der Waals surface area contributed by atoms with Crippen molar-refractivity contribution in [1.82, 2.24) is 14.6 Å². The van der Waals surface area contributed by atoms with Gasteiger partial charge >= 0.3 is 0 Å². The van der Waals surface area contributed by atoms with Crippen molar-refractivity contribution in [2.75, 3.05) is 27.0 Å². The number of hydrogen-bond donors (Lipinski definition) is 1. The third kappa shape index (κ3) is 7.53. The summed E-state index contributed by atoms with van der Waals surface area (Å²) in [7, 11) is -0.656. The van der Waals surface area contributed by atoms with E-state index in [2.05, 4.69) is 4.98 Å². The average Bonchev–Trinajstić information content (AvgIpc) is 3.23. The first-order valence-electron chi connectivity index (χ1n) is 11.6. The van der Waals surface area contributed by atoms with Crippen LogP contribution < -0.4 is 14.2 Å². The first kappa shape index (κ1) is 28.1. The highest BCUT2D eigenvalue weighted by atomic mass is 32.2. The van der Waals surface area contributed by atoms with Gasteiger partial charge in [-0.05, 0) is 44.4 Å². The van der Waals surface area contributed by atoms with Crippen molar-refractivity contribution in [3.05, 3.63) is 74.7 Å². The van der Waals surface area contributed by atoms with Crippen LogP contribution in [0.15, 0.2) is 42.5 Å². The number of amides is 2. The molecular formula is C26H31N3O6S2. The van der Waals surface area contributed by atoms with Crippen molar-refractivity contribution in [2.24, 2.45) is 0 Å². The molecule has 198 valence electrons. The number of rotatable bonds is 11. The molecule has 0 saturated carbocycles. The summed E-state index contributed by atoms with van der Waals surface area (Å²) in [5, 5.41) is 0.523. The third-order valence-corrected chi connectivity index (χ3v) is 7.19. The number of ether oxygens (including phenoxy) is 2. The zero-order chi connectivity index (χ0) is 27.2. The van der Waals surface area contributed by atoms with Crippen LogP contribution in [0.3, 0.4) is 0 Å². The van der Waals surface area contributed by atoms with E-state index in [-0.39, 0.29) is 18.1 Å². The summed E-state index contributed by atoms with van der Waals surface area (Å²) >= 11 is 1.25.